The van der Waals surface area contributed by atoms with Gasteiger partial charge in [-0.15, -0.1) is 11.3 Å². The van der Waals surface area contributed by atoms with E-state index < -0.39 is 29.1 Å². The molecule has 1 unspecified atom stereocenters. The summed E-state index contributed by atoms with van der Waals surface area (Å²) in [5.74, 6) is -0.658. The summed E-state index contributed by atoms with van der Waals surface area (Å²) in [6.45, 7) is 2.30. The molecule has 3 aromatic rings. The van der Waals surface area contributed by atoms with E-state index in [1.807, 2.05) is 6.92 Å². The number of carbonyl (C=O) groups excluding carboxylic acids is 1. The minimum Gasteiger partial charge on any atom is -0.491 e. The molecule has 0 saturated carbocycles. The Hall–Kier alpha value is -2.65. The monoisotopic (exact) mass is 424 g/mol. The number of hydrogen-bond acceptors (Lipinski definition) is 5. The van der Waals surface area contributed by atoms with Gasteiger partial charge in [0.05, 0.1) is 28.9 Å². The number of aliphatic hydroxyl groups is 1. The van der Waals surface area contributed by atoms with Crippen LogP contribution in [0.25, 0.3) is 10.2 Å². The molecule has 29 heavy (non-hydrogen) atoms. The van der Waals surface area contributed by atoms with Crippen LogP contribution in [0.2, 0.25) is 0 Å². The molecule has 1 heterocycles. The van der Waals surface area contributed by atoms with Crippen LogP contribution in [0, 0.1) is 0 Å². The van der Waals surface area contributed by atoms with Crippen LogP contribution in [0.4, 0.5) is 18.9 Å². The lowest BCUT2D eigenvalue weighted by Crippen LogP contribution is -2.45. The summed E-state index contributed by atoms with van der Waals surface area (Å²) in [5, 5.41) is 12.3. The molecule has 1 atom stereocenters. The largest absolute Gasteiger partial charge is 0.491 e. The fourth-order valence-corrected chi connectivity index (χ4v) is 3.75. The molecule has 3 rings (SSSR count). The van der Waals surface area contributed by atoms with E-state index in [0.29, 0.717) is 33.9 Å². The molecule has 0 radical (unpaired) electrons. The normalized spacial score (nSPS) is 13.8. The van der Waals surface area contributed by atoms with Gasteiger partial charge < -0.3 is 15.2 Å². The summed E-state index contributed by atoms with van der Waals surface area (Å²) in [4.78, 5) is 16.4. The van der Waals surface area contributed by atoms with Gasteiger partial charge in [-0.05, 0) is 30.7 Å². The van der Waals surface area contributed by atoms with E-state index in [-0.39, 0.29) is 5.69 Å². The minimum atomic E-state index is -5.09. The second-order valence-corrected chi connectivity index (χ2v) is 7.44. The quantitative estimate of drug-likeness (QED) is 0.568. The highest BCUT2D eigenvalue weighted by Gasteiger charge is 2.58. The average molecular weight is 424 g/mol. The molecule has 0 fully saturated rings. The van der Waals surface area contributed by atoms with Crippen LogP contribution >= 0.6 is 11.3 Å². The lowest BCUT2D eigenvalue weighted by Gasteiger charge is -2.28. The van der Waals surface area contributed by atoms with Crippen molar-refractivity contribution in [3.63, 3.8) is 0 Å². The summed E-state index contributed by atoms with van der Waals surface area (Å²) >= 11 is 0.708. The van der Waals surface area contributed by atoms with Crippen molar-refractivity contribution in [2.45, 2.75) is 31.5 Å². The van der Waals surface area contributed by atoms with Crippen molar-refractivity contribution in [3.8, 4) is 5.75 Å². The molecule has 5 nitrogen and oxygen atoms in total. The van der Waals surface area contributed by atoms with E-state index >= 15 is 0 Å². The van der Waals surface area contributed by atoms with E-state index in [9.17, 15) is 23.1 Å². The lowest BCUT2D eigenvalue weighted by atomic mass is 9.99. The highest BCUT2D eigenvalue weighted by molar-refractivity contribution is 7.18. The smallest absolute Gasteiger partial charge is 0.424 e. The van der Waals surface area contributed by atoms with Crippen molar-refractivity contribution in [3.05, 3.63) is 53.5 Å². The molecule has 154 valence electrons. The van der Waals surface area contributed by atoms with E-state index in [0.717, 1.165) is 6.42 Å². The number of nitrogens with one attached hydrogen (secondary N) is 1. The van der Waals surface area contributed by atoms with E-state index in [1.54, 1.807) is 42.5 Å². The van der Waals surface area contributed by atoms with Crippen molar-refractivity contribution in [2.24, 2.45) is 0 Å². The third kappa shape index (κ3) is 4.51. The number of alkyl halides is 3. The van der Waals surface area contributed by atoms with Crippen LogP contribution in [0.3, 0.4) is 0 Å². The third-order valence-electron chi connectivity index (χ3n) is 4.16. The van der Waals surface area contributed by atoms with E-state index in [4.69, 9.17) is 4.74 Å². The zero-order valence-electron chi connectivity index (χ0n) is 15.5. The summed E-state index contributed by atoms with van der Waals surface area (Å²) in [5.41, 5.74) is -2.84. The number of carbonyl (C=O) groups is 1. The number of anilines is 1. The van der Waals surface area contributed by atoms with E-state index in [2.05, 4.69) is 10.3 Å². The molecule has 2 aromatic carbocycles. The highest BCUT2D eigenvalue weighted by atomic mass is 32.1. The van der Waals surface area contributed by atoms with Gasteiger partial charge in [-0.25, -0.2) is 4.98 Å². The Bertz CT molecular complexity index is 973. The van der Waals surface area contributed by atoms with Gasteiger partial charge in [-0.1, -0.05) is 31.2 Å². The topological polar surface area (TPSA) is 71.5 Å². The number of rotatable bonds is 7. The number of fused-ring (bicyclic) bond motifs is 1. The lowest BCUT2D eigenvalue weighted by molar-refractivity contribution is -0.266. The van der Waals surface area contributed by atoms with Crippen molar-refractivity contribution >= 4 is 33.1 Å². The number of hydrogen-bond donors (Lipinski definition) is 2. The van der Waals surface area contributed by atoms with E-state index in [1.165, 1.54) is 6.07 Å². The molecule has 0 spiro atoms. The summed E-state index contributed by atoms with van der Waals surface area (Å²) < 4.78 is 47.3. The summed E-state index contributed by atoms with van der Waals surface area (Å²) in [7, 11) is 0. The van der Waals surface area contributed by atoms with Crippen molar-refractivity contribution in [1.29, 1.82) is 0 Å². The highest BCUT2D eigenvalue weighted by Crippen LogP contribution is 2.44. The summed E-state index contributed by atoms with van der Waals surface area (Å²) in [6, 6.07) is 12.9. The van der Waals surface area contributed by atoms with Gasteiger partial charge >= 0.3 is 6.18 Å². The zero-order chi connectivity index (χ0) is 21.1. The Labute approximate surface area is 169 Å². The van der Waals surface area contributed by atoms with Crippen LogP contribution in [-0.2, 0) is 10.4 Å². The molecule has 0 aliphatic carbocycles. The van der Waals surface area contributed by atoms with Crippen LogP contribution < -0.4 is 10.1 Å². The van der Waals surface area contributed by atoms with Gasteiger partial charge in [-0.2, -0.15) is 13.2 Å². The number of nitrogens with zero attached hydrogens (tertiary/aromatic N) is 1. The third-order valence-corrected chi connectivity index (χ3v) is 5.34. The number of amides is 1. The molecule has 2 N–H and O–H groups in total. The van der Waals surface area contributed by atoms with Crippen LogP contribution in [0.1, 0.15) is 24.8 Å². The SMILES string of the molecule is CCCOc1ccccc1NC(=O)CC(O)(c1nc2ccccc2s1)C(F)(F)F. The molecule has 1 amide bonds. The number of ether oxygens (including phenoxy) is 1. The van der Waals surface area contributed by atoms with Crippen molar-refractivity contribution in [2.75, 3.05) is 11.9 Å². The van der Waals surface area contributed by atoms with Crippen molar-refractivity contribution < 1.29 is 27.8 Å². The summed E-state index contributed by atoms with van der Waals surface area (Å²) in [6.07, 6.45) is -5.58. The number of aromatic nitrogens is 1. The number of halogens is 3. The number of para-hydroxylation sites is 3. The Balaban J connectivity index is 1.87. The number of thiazole rings is 1. The van der Waals surface area contributed by atoms with Gasteiger partial charge in [0.15, 0.2) is 0 Å². The Kier molecular flexibility index (Phi) is 6.09. The predicted molar refractivity (Wildman–Crippen MR) is 105 cm³/mol. The zero-order valence-corrected chi connectivity index (χ0v) is 16.3. The first-order valence-electron chi connectivity index (χ1n) is 8.91. The average Bonchev–Trinajstić information content (AvgIpc) is 3.11. The molecule has 0 saturated heterocycles. The number of benzene rings is 2. The van der Waals surface area contributed by atoms with Gasteiger partial charge in [0, 0.05) is 0 Å². The standard InChI is InChI=1S/C20H19F3N2O3S/c1-2-11-28-15-9-5-3-7-13(15)24-17(26)12-19(27,20(21,22)23)18-25-14-8-4-6-10-16(14)29-18/h3-10,27H,2,11-12H2,1H3,(H,24,26). The predicted octanol–water partition coefficient (Wildman–Crippen LogP) is 4.86. The van der Waals surface area contributed by atoms with Crippen LogP contribution in [0.15, 0.2) is 48.5 Å². The van der Waals surface area contributed by atoms with Gasteiger partial charge in [0.25, 0.3) is 0 Å². The first kappa shape index (κ1) is 21.1. The fraction of sp³-hybridized carbons (Fsp3) is 0.300. The molecule has 0 aliphatic heterocycles. The second-order valence-electron chi connectivity index (χ2n) is 6.41. The fourth-order valence-electron chi connectivity index (χ4n) is 2.68. The molecule has 9 heteroatoms. The van der Waals surface area contributed by atoms with Gasteiger partial charge in [0.1, 0.15) is 10.8 Å². The molecule has 0 bridgehead atoms. The van der Waals surface area contributed by atoms with Crippen molar-refractivity contribution in [1.82, 2.24) is 4.98 Å². The molecular formula is C20H19F3N2O3S. The first-order chi connectivity index (χ1) is 13.7. The maximum atomic E-state index is 13.8. The minimum absolute atomic E-state index is 0.236. The molecule has 1 aromatic heterocycles. The molecule has 0 aliphatic rings. The molecular weight excluding hydrogens is 405 g/mol. The van der Waals surface area contributed by atoms with Crippen LogP contribution in [0.5, 0.6) is 5.75 Å². The maximum Gasteiger partial charge on any atom is 0.424 e. The van der Waals surface area contributed by atoms with Gasteiger partial charge in [0.2, 0.25) is 11.5 Å². The Morgan fingerprint density at radius 3 is 2.55 bits per heavy atom. The first-order valence-corrected chi connectivity index (χ1v) is 9.73. The Morgan fingerprint density at radius 2 is 1.86 bits per heavy atom. The maximum absolute atomic E-state index is 13.8. The van der Waals surface area contributed by atoms with Gasteiger partial charge in [-0.3, -0.25) is 4.79 Å². The van der Waals surface area contributed by atoms with Crippen LogP contribution in [-0.4, -0.2) is 28.8 Å². The Morgan fingerprint density at radius 1 is 1.17 bits per heavy atom. The second kappa shape index (κ2) is 8.38.